The molecule has 0 aliphatic rings. The summed E-state index contributed by atoms with van der Waals surface area (Å²) in [5, 5.41) is 1.19. The molecule has 3 nitrogen and oxygen atoms in total. The number of furan rings is 2. The molecule has 0 saturated carbocycles. The molecule has 0 unspecified atom stereocenters. The first-order chi connectivity index (χ1) is 9.83. The number of rotatable bonds is 5. The summed E-state index contributed by atoms with van der Waals surface area (Å²) < 4.78 is 10.8. The Balaban J connectivity index is 0.00000161. The Kier molecular flexibility index (Phi) is 5.26. The summed E-state index contributed by atoms with van der Waals surface area (Å²) in [6.07, 6.45) is 7.61. The molecule has 2 aromatic heterocycles. The van der Waals surface area contributed by atoms with E-state index in [-0.39, 0.29) is 12.4 Å². The van der Waals surface area contributed by atoms with Gasteiger partial charge in [-0.1, -0.05) is 24.3 Å². The van der Waals surface area contributed by atoms with Crippen molar-refractivity contribution in [3.8, 4) is 0 Å². The minimum atomic E-state index is 0. The lowest BCUT2D eigenvalue weighted by Crippen LogP contribution is -2.17. The maximum atomic E-state index is 5.55. The Morgan fingerprint density at radius 1 is 1.10 bits per heavy atom. The van der Waals surface area contributed by atoms with E-state index in [1.54, 1.807) is 6.26 Å². The molecule has 0 fully saturated rings. The molecule has 2 heterocycles. The van der Waals surface area contributed by atoms with Gasteiger partial charge in [0.1, 0.15) is 11.3 Å². The lowest BCUT2D eigenvalue weighted by atomic mass is 10.1. The topological polar surface area (TPSA) is 29.5 Å². The lowest BCUT2D eigenvalue weighted by molar-refractivity contribution is 0.363. The molecule has 0 saturated heterocycles. The predicted molar refractivity (Wildman–Crippen MR) is 87.5 cm³/mol. The van der Waals surface area contributed by atoms with Crippen molar-refractivity contribution >= 4 is 29.5 Å². The van der Waals surface area contributed by atoms with E-state index in [0.29, 0.717) is 0 Å². The van der Waals surface area contributed by atoms with Crippen molar-refractivity contribution < 1.29 is 8.83 Å². The van der Waals surface area contributed by atoms with Crippen LogP contribution in [-0.2, 0) is 6.54 Å². The zero-order chi connectivity index (χ0) is 13.8. The van der Waals surface area contributed by atoms with E-state index in [9.17, 15) is 0 Å². The van der Waals surface area contributed by atoms with Crippen LogP contribution in [0.1, 0.15) is 11.3 Å². The molecule has 1 aromatic carbocycles. The van der Waals surface area contributed by atoms with Crippen LogP contribution in [0.5, 0.6) is 0 Å². The first kappa shape index (κ1) is 15.4. The SMILES string of the molecule is CN(C/C=C/c1ccco1)Cc1coc2ccccc12.Cl. The summed E-state index contributed by atoms with van der Waals surface area (Å²) in [5.74, 6) is 0.882. The van der Waals surface area contributed by atoms with Gasteiger partial charge in [-0.05, 0) is 31.3 Å². The van der Waals surface area contributed by atoms with Gasteiger partial charge in [-0.2, -0.15) is 0 Å². The molecule has 21 heavy (non-hydrogen) atoms. The summed E-state index contributed by atoms with van der Waals surface area (Å²) in [7, 11) is 2.09. The van der Waals surface area contributed by atoms with Gasteiger partial charge in [0.25, 0.3) is 0 Å². The van der Waals surface area contributed by atoms with Gasteiger partial charge in [-0.15, -0.1) is 12.4 Å². The van der Waals surface area contributed by atoms with Gasteiger partial charge in [0.05, 0.1) is 12.5 Å². The van der Waals surface area contributed by atoms with Crippen molar-refractivity contribution in [1.82, 2.24) is 4.90 Å². The summed E-state index contributed by atoms with van der Waals surface area (Å²) in [5.41, 5.74) is 2.16. The highest BCUT2D eigenvalue weighted by Gasteiger charge is 2.06. The van der Waals surface area contributed by atoms with Crippen molar-refractivity contribution in [2.45, 2.75) is 6.54 Å². The standard InChI is InChI=1S/C17H17NO2.ClH/c1-18(10-4-6-15-7-5-11-19-15)12-14-13-20-17-9-3-2-8-16(14)17;/h2-9,11,13H,10,12H2,1H3;1H/b6-4+;. The molecule has 0 N–H and O–H groups in total. The number of nitrogens with zero attached hydrogens (tertiary/aromatic N) is 1. The molecule has 110 valence electrons. The fourth-order valence-electron chi connectivity index (χ4n) is 2.25. The van der Waals surface area contributed by atoms with Gasteiger partial charge >= 0.3 is 0 Å². The minimum absolute atomic E-state index is 0. The number of likely N-dealkylation sites (N-methyl/N-ethyl adjacent to an activating group) is 1. The third-order valence-corrected chi connectivity index (χ3v) is 3.24. The number of hydrogen-bond acceptors (Lipinski definition) is 3. The number of benzene rings is 1. The van der Waals surface area contributed by atoms with Crippen LogP contribution >= 0.6 is 12.4 Å². The van der Waals surface area contributed by atoms with E-state index in [1.165, 1.54) is 10.9 Å². The summed E-state index contributed by atoms with van der Waals surface area (Å²) >= 11 is 0. The molecule has 0 spiro atoms. The maximum absolute atomic E-state index is 5.55. The highest BCUT2D eigenvalue weighted by molar-refractivity contribution is 5.85. The lowest BCUT2D eigenvalue weighted by Gasteiger charge is -2.12. The molecule has 3 rings (SSSR count). The van der Waals surface area contributed by atoms with Crippen molar-refractivity contribution in [2.75, 3.05) is 13.6 Å². The molecular formula is C17H18ClNO2. The second-order valence-corrected chi connectivity index (χ2v) is 4.87. The largest absolute Gasteiger partial charge is 0.465 e. The summed E-state index contributed by atoms with van der Waals surface area (Å²) in [4.78, 5) is 2.23. The van der Waals surface area contributed by atoms with E-state index in [0.717, 1.165) is 24.4 Å². The molecular weight excluding hydrogens is 286 g/mol. The van der Waals surface area contributed by atoms with E-state index in [2.05, 4.69) is 24.1 Å². The highest BCUT2D eigenvalue weighted by Crippen LogP contribution is 2.21. The average molecular weight is 304 g/mol. The van der Waals surface area contributed by atoms with Crippen molar-refractivity contribution in [3.63, 3.8) is 0 Å². The third kappa shape index (κ3) is 3.78. The van der Waals surface area contributed by atoms with E-state index in [4.69, 9.17) is 8.83 Å². The zero-order valence-corrected chi connectivity index (χ0v) is 12.7. The predicted octanol–water partition coefficient (Wildman–Crippen LogP) is 4.59. The molecule has 4 heteroatoms. The van der Waals surface area contributed by atoms with Gasteiger partial charge in [0.15, 0.2) is 0 Å². The fraction of sp³-hybridized carbons (Fsp3) is 0.176. The molecule has 0 radical (unpaired) electrons. The quantitative estimate of drug-likeness (QED) is 0.690. The van der Waals surface area contributed by atoms with Crippen molar-refractivity contribution in [3.05, 3.63) is 66.3 Å². The van der Waals surface area contributed by atoms with Gasteiger partial charge in [0, 0.05) is 24.0 Å². The smallest absolute Gasteiger partial charge is 0.134 e. The highest BCUT2D eigenvalue weighted by atomic mass is 35.5. The second-order valence-electron chi connectivity index (χ2n) is 4.87. The molecule has 0 amide bonds. The van der Waals surface area contributed by atoms with Crippen LogP contribution in [0.4, 0.5) is 0 Å². The average Bonchev–Trinajstić information content (AvgIpc) is 3.09. The second kappa shape index (κ2) is 7.16. The zero-order valence-electron chi connectivity index (χ0n) is 11.9. The number of para-hydroxylation sites is 1. The molecule has 0 aliphatic carbocycles. The third-order valence-electron chi connectivity index (χ3n) is 3.24. The van der Waals surface area contributed by atoms with Crippen LogP contribution in [0.2, 0.25) is 0 Å². The fourth-order valence-corrected chi connectivity index (χ4v) is 2.25. The molecule has 0 atom stereocenters. The van der Waals surface area contributed by atoms with Crippen LogP contribution < -0.4 is 0 Å². The van der Waals surface area contributed by atoms with E-state index in [1.807, 2.05) is 42.7 Å². The van der Waals surface area contributed by atoms with E-state index >= 15 is 0 Å². The summed E-state index contributed by atoms with van der Waals surface area (Å²) in [6.45, 7) is 1.72. The van der Waals surface area contributed by atoms with Gasteiger partial charge in [-0.3, -0.25) is 4.90 Å². The Hall–Kier alpha value is -1.97. The van der Waals surface area contributed by atoms with Gasteiger partial charge in [-0.25, -0.2) is 0 Å². The molecule has 0 bridgehead atoms. The van der Waals surface area contributed by atoms with Gasteiger partial charge < -0.3 is 8.83 Å². The summed E-state index contributed by atoms with van der Waals surface area (Å²) in [6, 6.07) is 12.0. The Labute approximate surface area is 130 Å². The van der Waals surface area contributed by atoms with Gasteiger partial charge in [0.2, 0.25) is 0 Å². The van der Waals surface area contributed by atoms with Crippen LogP contribution in [-0.4, -0.2) is 18.5 Å². The van der Waals surface area contributed by atoms with Crippen LogP contribution in [0.25, 0.3) is 17.0 Å². The molecule has 3 aromatic rings. The maximum Gasteiger partial charge on any atom is 0.134 e. The van der Waals surface area contributed by atoms with E-state index < -0.39 is 0 Å². The Morgan fingerprint density at radius 3 is 2.76 bits per heavy atom. The van der Waals surface area contributed by atoms with Crippen LogP contribution in [0.15, 0.2) is 63.8 Å². The first-order valence-electron chi connectivity index (χ1n) is 6.66. The Bertz CT molecular complexity index is 700. The minimum Gasteiger partial charge on any atom is -0.465 e. The van der Waals surface area contributed by atoms with Crippen molar-refractivity contribution in [1.29, 1.82) is 0 Å². The van der Waals surface area contributed by atoms with Crippen molar-refractivity contribution in [2.24, 2.45) is 0 Å². The molecule has 0 aliphatic heterocycles. The van der Waals surface area contributed by atoms with Crippen LogP contribution in [0.3, 0.4) is 0 Å². The monoisotopic (exact) mass is 303 g/mol. The number of fused-ring (bicyclic) bond motifs is 1. The normalized spacial score (nSPS) is 11.3. The number of hydrogen-bond donors (Lipinski definition) is 0. The van der Waals surface area contributed by atoms with Crippen LogP contribution in [0, 0.1) is 0 Å². The Morgan fingerprint density at radius 2 is 1.95 bits per heavy atom. The number of halogens is 1. The first-order valence-corrected chi connectivity index (χ1v) is 6.66.